The molecule has 0 radical (unpaired) electrons. The minimum absolute atomic E-state index is 0.105. The number of aromatic nitrogens is 2. The second-order valence-corrected chi connectivity index (χ2v) is 7.20. The Balaban J connectivity index is 1.79. The fourth-order valence-electron chi connectivity index (χ4n) is 3.05. The van der Waals surface area contributed by atoms with Crippen molar-refractivity contribution in [3.05, 3.63) is 76.5 Å². The molecule has 0 saturated heterocycles. The van der Waals surface area contributed by atoms with Gasteiger partial charge in [-0.2, -0.15) is 16.9 Å². The van der Waals surface area contributed by atoms with E-state index in [1.165, 1.54) is 11.1 Å². The number of rotatable bonds is 3. The van der Waals surface area contributed by atoms with E-state index in [1.54, 1.807) is 0 Å². The van der Waals surface area contributed by atoms with Gasteiger partial charge in [-0.1, -0.05) is 30.3 Å². The van der Waals surface area contributed by atoms with Gasteiger partial charge in [-0.3, -0.25) is 4.79 Å². The van der Waals surface area contributed by atoms with Gasteiger partial charge in [-0.25, -0.2) is 4.68 Å². The summed E-state index contributed by atoms with van der Waals surface area (Å²) in [7, 11) is 0. The van der Waals surface area contributed by atoms with Crippen molar-refractivity contribution in [1.82, 2.24) is 9.78 Å². The van der Waals surface area contributed by atoms with E-state index in [2.05, 4.69) is 31.3 Å². The predicted octanol–water partition coefficient (Wildman–Crippen LogP) is 4.49. The van der Waals surface area contributed by atoms with E-state index in [0.717, 1.165) is 34.3 Å². The van der Waals surface area contributed by atoms with Crippen LogP contribution < -0.4 is 5.32 Å². The van der Waals surface area contributed by atoms with Crippen molar-refractivity contribution in [1.29, 1.82) is 0 Å². The molecule has 4 nitrogen and oxygen atoms in total. The number of fused-ring (bicyclic) bond motifs is 1. The van der Waals surface area contributed by atoms with E-state index >= 15 is 0 Å². The Morgan fingerprint density at radius 3 is 2.68 bits per heavy atom. The molecule has 5 heteroatoms. The fraction of sp³-hybridized carbons (Fsp3) is 0.200. The van der Waals surface area contributed by atoms with Gasteiger partial charge in [-0.15, -0.1) is 0 Å². The molecule has 126 valence electrons. The standard InChI is InChI=1S/C20H19N3OS/c1-13-7-6-10-18(14(13)2)23-19(16-11-25-12-17(16)22-23)21-20(24)15-8-4-3-5-9-15/h3-10H,11-12H2,1-2H3,(H,21,24). The molecule has 1 N–H and O–H groups in total. The monoisotopic (exact) mass is 349 g/mol. The Kier molecular flexibility index (Phi) is 4.09. The maximum Gasteiger partial charge on any atom is 0.256 e. The Bertz CT molecular complexity index is 947. The smallest absolute Gasteiger partial charge is 0.256 e. The summed E-state index contributed by atoms with van der Waals surface area (Å²) in [5.41, 5.74) is 6.25. The number of aryl methyl sites for hydroxylation is 1. The molecule has 0 saturated carbocycles. The van der Waals surface area contributed by atoms with E-state index in [1.807, 2.05) is 52.8 Å². The van der Waals surface area contributed by atoms with Crippen molar-refractivity contribution in [3.8, 4) is 5.69 Å². The molecule has 25 heavy (non-hydrogen) atoms. The second-order valence-electron chi connectivity index (χ2n) is 6.22. The van der Waals surface area contributed by atoms with Crippen molar-refractivity contribution in [2.24, 2.45) is 0 Å². The van der Waals surface area contributed by atoms with Crippen LogP contribution in [0.3, 0.4) is 0 Å². The first-order valence-electron chi connectivity index (χ1n) is 8.26. The van der Waals surface area contributed by atoms with Gasteiger partial charge in [0.25, 0.3) is 5.91 Å². The number of hydrogen-bond acceptors (Lipinski definition) is 3. The van der Waals surface area contributed by atoms with Crippen LogP contribution in [0.25, 0.3) is 5.69 Å². The lowest BCUT2D eigenvalue weighted by Gasteiger charge is -2.14. The number of nitrogens with zero attached hydrogens (tertiary/aromatic N) is 2. The highest BCUT2D eigenvalue weighted by Crippen LogP contribution is 2.37. The summed E-state index contributed by atoms with van der Waals surface area (Å²) in [4.78, 5) is 12.7. The summed E-state index contributed by atoms with van der Waals surface area (Å²) in [5, 5.41) is 7.89. The molecular weight excluding hydrogens is 330 g/mol. The number of nitrogens with one attached hydrogen (secondary N) is 1. The van der Waals surface area contributed by atoms with Crippen LogP contribution in [0.4, 0.5) is 5.82 Å². The third-order valence-electron chi connectivity index (χ3n) is 4.62. The highest BCUT2D eigenvalue weighted by Gasteiger charge is 2.25. The van der Waals surface area contributed by atoms with Crippen molar-refractivity contribution >= 4 is 23.5 Å². The van der Waals surface area contributed by atoms with Gasteiger partial charge >= 0.3 is 0 Å². The van der Waals surface area contributed by atoms with Crippen LogP contribution in [0.15, 0.2) is 48.5 Å². The molecule has 3 aromatic rings. The number of carbonyl (C=O) groups excluding carboxylic acids is 1. The maximum absolute atomic E-state index is 12.7. The molecule has 0 fully saturated rings. The predicted molar refractivity (Wildman–Crippen MR) is 102 cm³/mol. The Hall–Kier alpha value is -2.53. The van der Waals surface area contributed by atoms with Gasteiger partial charge in [0.2, 0.25) is 0 Å². The molecule has 2 heterocycles. The van der Waals surface area contributed by atoms with Gasteiger partial charge in [0.05, 0.1) is 11.4 Å². The average Bonchev–Trinajstić information content (AvgIpc) is 3.21. The lowest BCUT2D eigenvalue weighted by Crippen LogP contribution is -2.16. The van der Waals surface area contributed by atoms with Crippen LogP contribution in [-0.2, 0) is 11.5 Å². The summed E-state index contributed by atoms with van der Waals surface area (Å²) < 4.78 is 1.90. The molecule has 1 aliphatic rings. The zero-order chi connectivity index (χ0) is 17.4. The van der Waals surface area contributed by atoms with Gasteiger partial charge in [-0.05, 0) is 43.2 Å². The minimum atomic E-state index is -0.105. The molecule has 0 bridgehead atoms. The lowest BCUT2D eigenvalue weighted by molar-refractivity contribution is 0.102. The summed E-state index contributed by atoms with van der Waals surface area (Å²) in [6.45, 7) is 4.18. The highest BCUT2D eigenvalue weighted by atomic mass is 32.2. The molecule has 1 aromatic heterocycles. The lowest BCUT2D eigenvalue weighted by atomic mass is 10.1. The van der Waals surface area contributed by atoms with Crippen LogP contribution >= 0.6 is 11.8 Å². The first-order valence-corrected chi connectivity index (χ1v) is 9.42. The average molecular weight is 349 g/mol. The molecule has 2 aromatic carbocycles. The van der Waals surface area contributed by atoms with Crippen LogP contribution in [0.5, 0.6) is 0 Å². The summed E-state index contributed by atoms with van der Waals surface area (Å²) in [6.07, 6.45) is 0. The molecule has 1 amide bonds. The third kappa shape index (κ3) is 2.85. The molecule has 4 rings (SSSR count). The number of benzene rings is 2. The van der Waals surface area contributed by atoms with Gasteiger partial charge in [0, 0.05) is 22.6 Å². The van der Waals surface area contributed by atoms with E-state index in [4.69, 9.17) is 5.10 Å². The molecule has 0 unspecified atom stereocenters. The number of carbonyl (C=O) groups is 1. The van der Waals surface area contributed by atoms with Crippen LogP contribution in [0, 0.1) is 13.8 Å². The Morgan fingerprint density at radius 1 is 1.08 bits per heavy atom. The quantitative estimate of drug-likeness (QED) is 0.758. The molecular formula is C20H19N3OS. The zero-order valence-electron chi connectivity index (χ0n) is 14.2. The number of anilines is 1. The van der Waals surface area contributed by atoms with E-state index in [0.29, 0.717) is 5.56 Å². The summed E-state index contributed by atoms with van der Waals surface area (Å²) in [6, 6.07) is 15.5. The van der Waals surface area contributed by atoms with Crippen molar-refractivity contribution in [3.63, 3.8) is 0 Å². The Labute approximate surface area is 151 Å². The van der Waals surface area contributed by atoms with Crippen LogP contribution in [0.2, 0.25) is 0 Å². The summed E-state index contributed by atoms with van der Waals surface area (Å²) in [5.74, 6) is 2.46. The van der Waals surface area contributed by atoms with E-state index in [9.17, 15) is 4.79 Å². The fourth-order valence-corrected chi connectivity index (χ4v) is 4.08. The topological polar surface area (TPSA) is 46.9 Å². The SMILES string of the molecule is Cc1cccc(-n2nc3c(c2NC(=O)c2ccccc2)CSC3)c1C. The highest BCUT2D eigenvalue weighted by molar-refractivity contribution is 7.98. The first kappa shape index (κ1) is 16.0. The van der Waals surface area contributed by atoms with Gasteiger partial charge in [0.15, 0.2) is 0 Å². The number of amides is 1. The minimum Gasteiger partial charge on any atom is -0.306 e. The van der Waals surface area contributed by atoms with Crippen molar-refractivity contribution < 1.29 is 4.79 Å². The summed E-state index contributed by atoms with van der Waals surface area (Å²) >= 11 is 1.83. The van der Waals surface area contributed by atoms with Crippen molar-refractivity contribution in [2.45, 2.75) is 25.4 Å². The van der Waals surface area contributed by atoms with Crippen LogP contribution in [-0.4, -0.2) is 15.7 Å². The van der Waals surface area contributed by atoms with E-state index < -0.39 is 0 Å². The molecule has 0 spiro atoms. The number of hydrogen-bond donors (Lipinski definition) is 1. The zero-order valence-corrected chi connectivity index (χ0v) is 15.1. The second kappa shape index (κ2) is 6.41. The van der Waals surface area contributed by atoms with Crippen LogP contribution in [0.1, 0.15) is 32.7 Å². The molecule has 1 aliphatic heterocycles. The van der Waals surface area contributed by atoms with Gasteiger partial charge < -0.3 is 5.32 Å². The molecule has 0 atom stereocenters. The van der Waals surface area contributed by atoms with Gasteiger partial charge in [0.1, 0.15) is 5.82 Å². The van der Waals surface area contributed by atoms with Crippen molar-refractivity contribution in [2.75, 3.05) is 5.32 Å². The largest absolute Gasteiger partial charge is 0.306 e. The first-order chi connectivity index (χ1) is 12.1. The molecule has 0 aliphatic carbocycles. The third-order valence-corrected chi connectivity index (χ3v) is 5.59. The Morgan fingerprint density at radius 2 is 1.88 bits per heavy atom. The van der Waals surface area contributed by atoms with E-state index in [-0.39, 0.29) is 5.91 Å². The normalized spacial score (nSPS) is 12.9. The maximum atomic E-state index is 12.7. The number of thioether (sulfide) groups is 1.